The van der Waals surface area contributed by atoms with E-state index in [4.69, 9.17) is 19.6 Å². The smallest absolute Gasteiger partial charge is 0.220 e. The van der Waals surface area contributed by atoms with Crippen molar-refractivity contribution in [2.45, 2.75) is 33.2 Å². The molecule has 0 saturated heterocycles. The highest BCUT2D eigenvalue weighted by Gasteiger charge is 2.20. The van der Waals surface area contributed by atoms with E-state index >= 15 is 0 Å². The maximum absolute atomic E-state index is 12.6. The molecule has 33 heavy (non-hydrogen) atoms. The molecule has 7 nitrogen and oxygen atoms in total. The number of aromatic nitrogens is 3. The summed E-state index contributed by atoms with van der Waals surface area (Å²) in [6, 6.07) is 17.6. The van der Waals surface area contributed by atoms with Gasteiger partial charge in [-0.15, -0.1) is 0 Å². The maximum atomic E-state index is 12.6. The summed E-state index contributed by atoms with van der Waals surface area (Å²) in [5.41, 5.74) is 5.48. The van der Waals surface area contributed by atoms with Gasteiger partial charge in [-0.25, -0.2) is 4.68 Å². The van der Waals surface area contributed by atoms with Crippen molar-refractivity contribution in [2.24, 2.45) is 0 Å². The van der Waals surface area contributed by atoms with E-state index in [0.29, 0.717) is 25.3 Å². The minimum Gasteiger partial charge on any atom is -0.496 e. The number of rotatable bonds is 8. The zero-order valence-electron chi connectivity index (χ0n) is 19.4. The zero-order chi connectivity index (χ0) is 23.4. The number of fused-ring (bicyclic) bond motifs is 1. The molecule has 4 rings (SSSR count). The molecule has 0 saturated carbocycles. The normalized spacial score (nSPS) is 10.9. The van der Waals surface area contributed by atoms with Gasteiger partial charge in [0.25, 0.3) is 0 Å². The Kier molecular flexibility index (Phi) is 6.58. The number of pyridine rings is 1. The molecule has 4 aromatic rings. The molecule has 0 atom stereocenters. The molecular formula is C26H28N4O3. The largest absolute Gasteiger partial charge is 0.496 e. The average molecular weight is 445 g/mol. The van der Waals surface area contributed by atoms with Crippen molar-refractivity contribution in [2.75, 3.05) is 14.2 Å². The van der Waals surface area contributed by atoms with Crippen molar-refractivity contribution in [1.29, 1.82) is 0 Å². The fraction of sp³-hybridized carbons (Fsp3) is 0.269. The molecule has 0 fully saturated rings. The molecule has 2 heterocycles. The van der Waals surface area contributed by atoms with Crippen LogP contribution in [0.3, 0.4) is 0 Å². The first-order valence-electron chi connectivity index (χ1n) is 10.9. The third-order valence-corrected chi connectivity index (χ3v) is 5.79. The zero-order valence-corrected chi connectivity index (χ0v) is 19.4. The predicted molar refractivity (Wildman–Crippen MR) is 128 cm³/mol. The van der Waals surface area contributed by atoms with Crippen molar-refractivity contribution in [1.82, 2.24) is 20.1 Å². The second kappa shape index (κ2) is 9.73. The first-order chi connectivity index (χ1) is 16.0. The molecule has 0 spiro atoms. The van der Waals surface area contributed by atoms with Gasteiger partial charge < -0.3 is 14.8 Å². The van der Waals surface area contributed by atoms with Crippen LogP contribution in [0.4, 0.5) is 0 Å². The number of benzene rings is 2. The summed E-state index contributed by atoms with van der Waals surface area (Å²) in [6.45, 7) is 4.44. The average Bonchev–Trinajstić information content (AvgIpc) is 3.18. The SMILES string of the molecule is COc1ccccc1CNC(=O)CCc1c(OC)nc2c(c(C)nn2-c2ccccc2)c1C. The topological polar surface area (TPSA) is 78.3 Å². The van der Waals surface area contributed by atoms with Crippen LogP contribution in [0, 0.1) is 13.8 Å². The number of carbonyl (C=O) groups is 1. The van der Waals surface area contributed by atoms with Crippen LogP contribution in [0.5, 0.6) is 11.6 Å². The maximum Gasteiger partial charge on any atom is 0.220 e. The third kappa shape index (κ3) is 4.53. The van der Waals surface area contributed by atoms with Gasteiger partial charge in [0.05, 0.1) is 25.6 Å². The van der Waals surface area contributed by atoms with Gasteiger partial charge in [0.2, 0.25) is 11.8 Å². The molecular weight excluding hydrogens is 416 g/mol. The van der Waals surface area contributed by atoms with Gasteiger partial charge in [-0.1, -0.05) is 36.4 Å². The number of ether oxygens (including phenoxy) is 2. The predicted octanol–water partition coefficient (Wildman–Crippen LogP) is 4.30. The van der Waals surface area contributed by atoms with Gasteiger partial charge in [0, 0.05) is 29.5 Å². The summed E-state index contributed by atoms with van der Waals surface area (Å²) in [6.07, 6.45) is 0.844. The van der Waals surface area contributed by atoms with E-state index in [0.717, 1.165) is 44.9 Å². The second-order valence-corrected chi connectivity index (χ2v) is 7.84. The number of carbonyl (C=O) groups excluding carboxylic acids is 1. The molecule has 0 aliphatic rings. The lowest BCUT2D eigenvalue weighted by molar-refractivity contribution is -0.121. The van der Waals surface area contributed by atoms with Crippen LogP contribution >= 0.6 is 0 Å². The summed E-state index contributed by atoms with van der Waals surface area (Å²) >= 11 is 0. The van der Waals surface area contributed by atoms with Gasteiger partial charge in [-0.3, -0.25) is 4.79 Å². The molecule has 0 aliphatic carbocycles. The molecule has 2 aromatic heterocycles. The number of hydrogen-bond donors (Lipinski definition) is 1. The highest BCUT2D eigenvalue weighted by atomic mass is 16.5. The Morgan fingerprint density at radius 2 is 1.73 bits per heavy atom. The molecule has 170 valence electrons. The Balaban J connectivity index is 1.56. The number of aryl methyl sites for hydroxylation is 2. The lowest BCUT2D eigenvalue weighted by Gasteiger charge is -2.13. The number of hydrogen-bond acceptors (Lipinski definition) is 5. The van der Waals surface area contributed by atoms with E-state index in [1.807, 2.05) is 73.1 Å². The van der Waals surface area contributed by atoms with Crippen LogP contribution < -0.4 is 14.8 Å². The van der Waals surface area contributed by atoms with Crippen LogP contribution in [0.1, 0.15) is 28.8 Å². The Bertz CT molecular complexity index is 1280. The molecule has 0 aliphatic heterocycles. The summed E-state index contributed by atoms with van der Waals surface area (Å²) in [5, 5.41) is 8.69. The van der Waals surface area contributed by atoms with E-state index < -0.39 is 0 Å². The summed E-state index contributed by atoms with van der Waals surface area (Å²) in [7, 11) is 3.23. The number of nitrogens with zero attached hydrogens (tertiary/aromatic N) is 3. The molecule has 0 unspecified atom stereocenters. The van der Waals surface area contributed by atoms with Crippen molar-refractivity contribution in [3.05, 3.63) is 77.0 Å². The first-order valence-corrected chi connectivity index (χ1v) is 10.9. The Morgan fingerprint density at radius 3 is 2.45 bits per heavy atom. The lowest BCUT2D eigenvalue weighted by atomic mass is 10.0. The summed E-state index contributed by atoms with van der Waals surface area (Å²) < 4.78 is 12.8. The van der Waals surface area contributed by atoms with Crippen LogP contribution in [-0.2, 0) is 17.8 Å². The Hall–Kier alpha value is -3.87. The Morgan fingerprint density at radius 1 is 1.00 bits per heavy atom. The number of methoxy groups -OCH3 is 2. The van der Waals surface area contributed by atoms with Crippen molar-refractivity contribution >= 4 is 16.9 Å². The van der Waals surface area contributed by atoms with Crippen molar-refractivity contribution in [3.63, 3.8) is 0 Å². The highest BCUT2D eigenvalue weighted by Crippen LogP contribution is 2.31. The van der Waals surface area contributed by atoms with E-state index in [9.17, 15) is 4.79 Å². The van der Waals surface area contributed by atoms with Crippen LogP contribution in [0.25, 0.3) is 16.7 Å². The van der Waals surface area contributed by atoms with E-state index in [-0.39, 0.29) is 5.91 Å². The first kappa shape index (κ1) is 22.3. The van der Waals surface area contributed by atoms with Gasteiger partial charge >= 0.3 is 0 Å². The molecule has 7 heteroatoms. The van der Waals surface area contributed by atoms with Gasteiger partial charge in [0.15, 0.2) is 5.65 Å². The van der Waals surface area contributed by atoms with Crippen LogP contribution in [0.15, 0.2) is 54.6 Å². The monoisotopic (exact) mass is 444 g/mol. The van der Waals surface area contributed by atoms with E-state index in [1.54, 1.807) is 14.2 Å². The van der Waals surface area contributed by atoms with E-state index in [1.165, 1.54) is 0 Å². The molecule has 1 N–H and O–H groups in total. The molecule has 1 amide bonds. The van der Waals surface area contributed by atoms with Crippen molar-refractivity contribution in [3.8, 4) is 17.3 Å². The minimum absolute atomic E-state index is 0.0424. The minimum atomic E-state index is -0.0424. The number of amides is 1. The molecule has 0 radical (unpaired) electrons. The van der Waals surface area contributed by atoms with Crippen LogP contribution in [-0.4, -0.2) is 34.9 Å². The Labute approximate surface area is 193 Å². The van der Waals surface area contributed by atoms with Gasteiger partial charge in [-0.05, 0) is 44.0 Å². The van der Waals surface area contributed by atoms with E-state index in [2.05, 4.69) is 5.32 Å². The highest BCUT2D eigenvalue weighted by molar-refractivity contribution is 5.86. The number of para-hydroxylation sites is 2. The fourth-order valence-corrected chi connectivity index (χ4v) is 4.11. The lowest BCUT2D eigenvalue weighted by Crippen LogP contribution is -2.23. The number of nitrogens with one attached hydrogen (secondary N) is 1. The molecule has 2 aromatic carbocycles. The summed E-state index contributed by atoms with van der Waals surface area (Å²) in [5.74, 6) is 1.24. The van der Waals surface area contributed by atoms with Crippen molar-refractivity contribution < 1.29 is 14.3 Å². The van der Waals surface area contributed by atoms with Crippen LogP contribution in [0.2, 0.25) is 0 Å². The second-order valence-electron chi connectivity index (χ2n) is 7.84. The fourth-order valence-electron chi connectivity index (χ4n) is 4.11. The molecule has 0 bridgehead atoms. The standard InChI is InChI=1S/C26H28N4O3/c1-17-21(14-15-23(31)27-16-19-10-8-9-13-22(19)32-3)26(33-4)28-25-24(17)18(2)29-30(25)20-11-6-5-7-12-20/h5-13H,14-16H2,1-4H3,(H,27,31). The quantitative estimate of drug-likeness (QED) is 0.438. The van der Waals surface area contributed by atoms with Gasteiger partial charge in [-0.2, -0.15) is 10.1 Å². The third-order valence-electron chi connectivity index (χ3n) is 5.79. The summed E-state index contributed by atoms with van der Waals surface area (Å²) in [4.78, 5) is 17.4. The van der Waals surface area contributed by atoms with Gasteiger partial charge in [0.1, 0.15) is 5.75 Å².